The third kappa shape index (κ3) is 5.13. The number of rotatable bonds is 3. The molecule has 1 rings (SSSR count). The maximum absolute atomic E-state index is 10.0. The van der Waals surface area contributed by atoms with Crippen LogP contribution in [0.4, 0.5) is 0 Å². The van der Waals surface area contributed by atoms with Crippen molar-refractivity contribution < 1.29 is 38.9 Å². The summed E-state index contributed by atoms with van der Waals surface area (Å²) in [6.07, 6.45) is -5.88. The summed E-state index contributed by atoms with van der Waals surface area (Å²) in [6.45, 7) is -0.737. The van der Waals surface area contributed by atoms with Gasteiger partial charge in [0.05, 0.1) is 14.4 Å². The molecule has 0 radical (unpaired) electrons. The monoisotopic (exact) mass is 366 g/mol. The molecule has 0 aliphatic carbocycles. The molecule has 1 unspecified atom stereocenters. The van der Waals surface area contributed by atoms with Gasteiger partial charge in [-0.3, -0.25) is 0 Å². The first-order valence-electron chi connectivity index (χ1n) is 3.67. The van der Waals surface area contributed by atoms with Gasteiger partial charge in [0, 0.05) is 0 Å². The summed E-state index contributed by atoms with van der Waals surface area (Å²) < 4.78 is 18.4. The summed E-state index contributed by atoms with van der Waals surface area (Å²) >= 11 is 0. The van der Waals surface area contributed by atoms with Crippen LogP contribution in [0.25, 0.3) is 0 Å². The molecule has 3 N–H and O–H groups in total. The summed E-state index contributed by atoms with van der Waals surface area (Å²) in [5.74, 6) is 0. The molecule has 0 aromatic carbocycles. The minimum atomic E-state index is -5.14. The van der Waals surface area contributed by atoms with E-state index in [1.54, 1.807) is 0 Å². The van der Waals surface area contributed by atoms with Gasteiger partial charge in [0.15, 0.2) is 6.29 Å². The molecule has 1 saturated heterocycles. The molecule has 0 bridgehead atoms. The van der Waals surface area contributed by atoms with Crippen LogP contribution in [0.2, 0.25) is 0 Å². The standard InChI is InChI=1S/C5H11O8P.Ba/c6-3-2(1-12-14(9,10)11)13-5(8)4(3)7;/h2-8H,1H2,(H2,9,10,11);/q;+2/p-2/t2-,3-,4-,5?;/m0./s1. The summed E-state index contributed by atoms with van der Waals surface area (Å²) in [5, 5.41) is 26.9. The van der Waals surface area contributed by atoms with Gasteiger partial charge in [-0.05, 0) is 0 Å². The Morgan fingerprint density at radius 3 is 2.13 bits per heavy atom. The quantitative estimate of drug-likeness (QED) is 0.338. The van der Waals surface area contributed by atoms with E-state index >= 15 is 0 Å². The van der Waals surface area contributed by atoms with Gasteiger partial charge in [-0.1, -0.05) is 0 Å². The van der Waals surface area contributed by atoms with Crippen molar-refractivity contribution in [1.82, 2.24) is 0 Å². The van der Waals surface area contributed by atoms with E-state index in [1.807, 2.05) is 0 Å². The van der Waals surface area contributed by atoms with Crippen LogP contribution < -0.4 is 9.79 Å². The van der Waals surface area contributed by atoms with Gasteiger partial charge in [-0.25, -0.2) is 0 Å². The third-order valence-corrected chi connectivity index (χ3v) is 2.20. The molecule has 0 saturated carbocycles. The molecule has 0 aromatic rings. The fourth-order valence-electron chi connectivity index (χ4n) is 1.03. The zero-order valence-corrected chi connectivity index (χ0v) is 12.9. The third-order valence-electron chi connectivity index (χ3n) is 1.73. The van der Waals surface area contributed by atoms with Crippen LogP contribution >= 0.6 is 7.82 Å². The number of aliphatic hydroxyl groups excluding tert-OH is 3. The van der Waals surface area contributed by atoms with Crippen molar-refractivity contribution >= 4 is 56.7 Å². The Labute approximate surface area is 126 Å². The van der Waals surface area contributed by atoms with Crippen molar-refractivity contribution in [2.45, 2.75) is 24.6 Å². The van der Waals surface area contributed by atoms with Crippen LogP contribution in [0, 0.1) is 0 Å². The second-order valence-electron chi connectivity index (χ2n) is 2.79. The number of hydrogen-bond donors (Lipinski definition) is 3. The van der Waals surface area contributed by atoms with Crippen molar-refractivity contribution in [3.8, 4) is 0 Å². The molecule has 4 atom stereocenters. The van der Waals surface area contributed by atoms with Crippen LogP contribution in [-0.2, 0) is 13.8 Å². The maximum Gasteiger partial charge on any atom is 2.00 e. The van der Waals surface area contributed by atoms with Crippen molar-refractivity contribution in [2.24, 2.45) is 0 Å². The summed E-state index contributed by atoms with van der Waals surface area (Å²) in [5.41, 5.74) is 0. The molecule has 0 aromatic heterocycles. The summed E-state index contributed by atoms with van der Waals surface area (Å²) in [4.78, 5) is 20.1. The van der Waals surface area contributed by atoms with Gasteiger partial charge in [0.25, 0.3) is 0 Å². The zero-order chi connectivity index (χ0) is 10.9. The molecule has 1 aliphatic rings. The van der Waals surface area contributed by atoms with Crippen LogP contribution in [0.1, 0.15) is 0 Å². The molecule has 10 heteroatoms. The molecular weight excluding hydrogens is 356 g/mol. The predicted molar refractivity (Wildman–Crippen MR) is 42.2 cm³/mol. The molecule has 84 valence electrons. The Kier molecular flexibility index (Phi) is 7.11. The number of hydrogen-bond acceptors (Lipinski definition) is 8. The minimum Gasteiger partial charge on any atom is -0.790 e. The van der Waals surface area contributed by atoms with E-state index in [0.29, 0.717) is 0 Å². The van der Waals surface area contributed by atoms with Gasteiger partial charge in [0.2, 0.25) is 0 Å². The topological polar surface area (TPSA) is 142 Å². The fourth-order valence-corrected chi connectivity index (χ4v) is 1.36. The number of phosphoric ester groups is 1. The van der Waals surface area contributed by atoms with E-state index in [1.165, 1.54) is 0 Å². The first kappa shape index (κ1) is 16.5. The molecule has 1 fully saturated rings. The van der Waals surface area contributed by atoms with E-state index in [4.69, 9.17) is 15.3 Å². The second-order valence-corrected chi connectivity index (χ2v) is 3.94. The Hall–Kier alpha value is 1.52. The largest absolute Gasteiger partial charge is 2.00 e. The molecule has 1 aliphatic heterocycles. The van der Waals surface area contributed by atoms with Crippen LogP contribution in [0.5, 0.6) is 0 Å². The SMILES string of the molecule is O=P([O-])([O-])OC[C@@H]1OC(O)[C@@H](O)[C@H]1O.[Ba+2]. The predicted octanol–water partition coefficient (Wildman–Crippen LogP) is -4.11. The van der Waals surface area contributed by atoms with Crippen molar-refractivity contribution in [3.63, 3.8) is 0 Å². The first-order chi connectivity index (χ1) is 6.31. The second kappa shape index (κ2) is 6.45. The van der Waals surface area contributed by atoms with Gasteiger partial charge < -0.3 is 38.9 Å². The van der Waals surface area contributed by atoms with Crippen molar-refractivity contribution in [2.75, 3.05) is 6.61 Å². The Balaban J connectivity index is 0.00000196. The average Bonchev–Trinajstić information content (AvgIpc) is 2.28. The summed E-state index contributed by atoms with van der Waals surface area (Å²) in [7, 11) is -5.14. The van der Waals surface area contributed by atoms with E-state index in [0.717, 1.165) is 0 Å². The van der Waals surface area contributed by atoms with E-state index in [2.05, 4.69) is 9.26 Å². The van der Waals surface area contributed by atoms with Gasteiger partial charge in [-0.15, -0.1) is 0 Å². The first-order valence-corrected chi connectivity index (χ1v) is 5.13. The molecule has 8 nitrogen and oxygen atoms in total. The van der Waals surface area contributed by atoms with E-state index in [-0.39, 0.29) is 48.9 Å². The van der Waals surface area contributed by atoms with Crippen LogP contribution in [0.3, 0.4) is 0 Å². The summed E-state index contributed by atoms with van der Waals surface area (Å²) in [6, 6.07) is 0. The molecule has 0 amide bonds. The molecule has 15 heavy (non-hydrogen) atoms. The maximum atomic E-state index is 10.0. The van der Waals surface area contributed by atoms with Gasteiger partial charge >= 0.3 is 48.9 Å². The number of ether oxygens (including phenoxy) is 1. The number of aliphatic hydroxyl groups is 3. The Bertz CT molecular complexity index is 243. The van der Waals surface area contributed by atoms with E-state index in [9.17, 15) is 14.4 Å². The van der Waals surface area contributed by atoms with Gasteiger partial charge in [0.1, 0.15) is 18.3 Å². The van der Waals surface area contributed by atoms with Crippen molar-refractivity contribution in [1.29, 1.82) is 0 Å². The average molecular weight is 365 g/mol. The zero-order valence-electron chi connectivity index (χ0n) is 7.55. The molecule has 0 spiro atoms. The Morgan fingerprint density at radius 1 is 1.27 bits per heavy atom. The van der Waals surface area contributed by atoms with Crippen LogP contribution in [-0.4, -0.2) is 95.4 Å². The van der Waals surface area contributed by atoms with Crippen molar-refractivity contribution in [3.05, 3.63) is 0 Å². The van der Waals surface area contributed by atoms with Gasteiger partial charge in [-0.2, -0.15) is 0 Å². The fraction of sp³-hybridized carbons (Fsp3) is 1.00. The number of phosphoric acid groups is 1. The minimum absolute atomic E-state index is 0. The smallest absolute Gasteiger partial charge is 0.790 e. The van der Waals surface area contributed by atoms with E-state index < -0.39 is 39.0 Å². The Morgan fingerprint density at radius 2 is 1.80 bits per heavy atom. The normalized spacial score (nSPS) is 36.3. The molecule has 1 heterocycles. The van der Waals surface area contributed by atoms with Crippen LogP contribution in [0.15, 0.2) is 0 Å². The molecular formula is C5H9BaO8P.